The van der Waals surface area contributed by atoms with Gasteiger partial charge in [0.15, 0.2) is 23.1 Å². The first kappa shape index (κ1) is 15.1. The normalized spacial score (nSPS) is 11.2. The Bertz CT molecular complexity index is 717. The second-order valence-corrected chi connectivity index (χ2v) is 4.87. The third kappa shape index (κ3) is 3.85. The summed E-state index contributed by atoms with van der Waals surface area (Å²) in [6.07, 6.45) is 0. The van der Waals surface area contributed by atoms with Crippen LogP contribution in [-0.2, 0) is 10.4 Å². The summed E-state index contributed by atoms with van der Waals surface area (Å²) in [5.41, 5.74) is 0. The summed E-state index contributed by atoms with van der Waals surface area (Å²) < 4.78 is 83.2. The molecule has 4 nitrogen and oxygen atoms in total. The van der Waals surface area contributed by atoms with Crippen molar-refractivity contribution in [1.82, 2.24) is 0 Å². The number of hydrogen-bond acceptors (Lipinski definition) is 4. The highest BCUT2D eigenvalue weighted by Gasteiger charge is 2.21. The van der Waals surface area contributed by atoms with Crippen LogP contribution in [-0.4, -0.2) is 8.42 Å². The summed E-state index contributed by atoms with van der Waals surface area (Å²) in [7, 11) is -4.88. The second-order valence-electron chi connectivity index (χ2n) is 3.72. The summed E-state index contributed by atoms with van der Waals surface area (Å²) in [6.45, 7) is 0. The van der Waals surface area contributed by atoms with Crippen LogP contribution < -0.4 is 8.37 Å². The molecule has 0 atom stereocenters. The zero-order valence-corrected chi connectivity index (χ0v) is 10.8. The third-order valence-electron chi connectivity index (χ3n) is 2.17. The maximum absolute atomic E-state index is 13.2. The van der Waals surface area contributed by atoms with E-state index in [-0.39, 0.29) is 0 Å². The van der Waals surface area contributed by atoms with Crippen molar-refractivity contribution in [3.05, 3.63) is 59.7 Å². The van der Waals surface area contributed by atoms with Gasteiger partial charge in [-0.2, -0.15) is 0 Å². The minimum atomic E-state index is -4.88. The van der Waals surface area contributed by atoms with Gasteiger partial charge in [0.2, 0.25) is 0 Å². The molecule has 0 unspecified atom stereocenters. The molecule has 2 rings (SSSR count). The van der Waals surface area contributed by atoms with Gasteiger partial charge in [0.25, 0.3) is 0 Å². The Kier molecular flexibility index (Phi) is 4.03. The van der Waals surface area contributed by atoms with E-state index in [9.17, 15) is 26.0 Å². The molecule has 0 amide bonds. The van der Waals surface area contributed by atoms with E-state index in [0.29, 0.717) is 24.3 Å². The SMILES string of the molecule is O=S(=O)(Oc1ccc(F)cc1F)Oc1ccc(F)cc1F. The van der Waals surface area contributed by atoms with Crippen molar-refractivity contribution < 1.29 is 34.3 Å². The fraction of sp³-hybridized carbons (Fsp3) is 0. The van der Waals surface area contributed by atoms with Gasteiger partial charge >= 0.3 is 10.4 Å². The molecule has 2 aromatic rings. The van der Waals surface area contributed by atoms with E-state index in [1.54, 1.807) is 0 Å². The van der Waals surface area contributed by atoms with Crippen molar-refractivity contribution in [3.8, 4) is 11.5 Å². The molecule has 0 bridgehead atoms. The smallest absolute Gasteiger partial charge is 0.350 e. The average molecular weight is 322 g/mol. The van der Waals surface area contributed by atoms with Gasteiger partial charge in [-0.15, -0.1) is 8.42 Å². The molecule has 0 heterocycles. The number of benzene rings is 2. The molecule has 0 N–H and O–H groups in total. The van der Waals surface area contributed by atoms with Crippen LogP contribution in [0, 0.1) is 23.3 Å². The van der Waals surface area contributed by atoms with Crippen molar-refractivity contribution in [2.24, 2.45) is 0 Å². The van der Waals surface area contributed by atoms with Gasteiger partial charge in [0.05, 0.1) is 0 Å². The molecular formula is C12H6F4O4S. The highest BCUT2D eigenvalue weighted by molar-refractivity contribution is 7.82. The number of rotatable bonds is 4. The van der Waals surface area contributed by atoms with E-state index in [1.807, 2.05) is 0 Å². The fourth-order valence-corrected chi connectivity index (χ4v) is 2.07. The Hall–Kier alpha value is -2.29. The lowest BCUT2D eigenvalue weighted by molar-refractivity contribution is 0.371. The minimum Gasteiger partial charge on any atom is -0.350 e. The van der Waals surface area contributed by atoms with Crippen LogP contribution in [0.15, 0.2) is 36.4 Å². The standard InChI is InChI=1S/C12H6F4O4S/c13-7-1-3-11(9(15)5-7)19-21(17,18)20-12-4-2-8(14)6-10(12)16/h1-6H. The minimum absolute atomic E-state index is 0.392. The Labute approximate surface area is 116 Å². The predicted molar refractivity (Wildman–Crippen MR) is 62.9 cm³/mol. The highest BCUT2D eigenvalue weighted by atomic mass is 32.3. The Morgan fingerprint density at radius 3 is 1.43 bits per heavy atom. The Balaban J connectivity index is 2.22. The lowest BCUT2D eigenvalue weighted by Crippen LogP contribution is -2.17. The summed E-state index contributed by atoms with van der Waals surface area (Å²) in [5.74, 6) is -6.13. The molecule has 0 aliphatic carbocycles. The van der Waals surface area contributed by atoms with Gasteiger partial charge in [-0.3, -0.25) is 0 Å². The van der Waals surface area contributed by atoms with E-state index in [0.717, 1.165) is 12.1 Å². The topological polar surface area (TPSA) is 52.6 Å². The largest absolute Gasteiger partial charge is 0.501 e. The lowest BCUT2D eigenvalue weighted by Gasteiger charge is -2.09. The monoisotopic (exact) mass is 322 g/mol. The first-order valence-corrected chi connectivity index (χ1v) is 6.64. The summed E-state index contributed by atoms with van der Waals surface area (Å²) in [4.78, 5) is 0. The van der Waals surface area contributed by atoms with E-state index in [4.69, 9.17) is 0 Å². The van der Waals surface area contributed by atoms with Gasteiger partial charge in [-0.05, 0) is 24.3 Å². The van der Waals surface area contributed by atoms with Crippen LogP contribution in [0.5, 0.6) is 11.5 Å². The molecule has 2 aromatic carbocycles. The average Bonchev–Trinajstić information content (AvgIpc) is 2.36. The van der Waals surface area contributed by atoms with E-state index in [1.165, 1.54) is 0 Å². The molecule has 0 aliphatic heterocycles. The molecule has 0 saturated carbocycles. The van der Waals surface area contributed by atoms with Crippen LogP contribution in [0.2, 0.25) is 0 Å². The zero-order valence-electron chi connectivity index (χ0n) is 10.0. The lowest BCUT2D eigenvalue weighted by atomic mass is 10.3. The van der Waals surface area contributed by atoms with E-state index < -0.39 is 45.2 Å². The zero-order chi connectivity index (χ0) is 15.6. The maximum atomic E-state index is 13.2. The molecule has 0 saturated heterocycles. The molecule has 9 heteroatoms. The first-order valence-electron chi connectivity index (χ1n) is 5.31. The van der Waals surface area contributed by atoms with Crippen LogP contribution >= 0.6 is 0 Å². The second kappa shape index (κ2) is 5.60. The highest BCUT2D eigenvalue weighted by Crippen LogP contribution is 2.23. The molecule has 0 spiro atoms. The molecule has 0 radical (unpaired) electrons. The maximum Gasteiger partial charge on any atom is 0.501 e. The Morgan fingerprint density at radius 2 is 1.10 bits per heavy atom. The van der Waals surface area contributed by atoms with Gasteiger partial charge in [-0.25, -0.2) is 17.6 Å². The van der Waals surface area contributed by atoms with Gasteiger partial charge in [0, 0.05) is 12.1 Å². The van der Waals surface area contributed by atoms with Crippen LogP contribution in [0.4, 0.5) is 17.6 Å². The number of halogens is 4. The predicted octanol–water partition coefficient (Wildman–Crippen LogP) is 2.95. The molecule has 0 aliphatic rings. The van der Waals surface area contributed by atoms with Crippen molar-refractivity contribution >= 4 is 10.4 Å². The van der Waals surface area contributed by atoms with E-state index in [2.05, 4.69) is 8.37 Å². The summed E-state index contributed by atoms with van der Waals surface area (Å²) in [5, 5.41) is 0. The van der Waals surface area contributed by atoms with E-state index >= 15 is 0 Å². The molecule has 21 heavy (non-hydrogen) atoms. The Morgan fingerprint density at radius 1 is 0.714 bits per heavy atom. The van der Waals surface area contributed by atoms with Crippen molar-refractivity contribution in [2.75, 3.05) is 0 Å². The van der Waals surface area contributed by atoms with Crippen molar-refractivity contribution in [3.63, 3.8) is 0 Å². The van der Waals surface area contributed by atoms with Gasteiger partial charge < -0.3 is 8.37 Å². The molecule has 112 valence electrons. The van der Waals surface area contributed by atoms with Gasteiger partial charge in [-0.1, -0.05) is 0 Å². The van der Waals surface area contributed by atoms with Crippen LogP contribution in [0.1, 0.15) is 0 Å². The first-order chi connectivity index (χ1) is 9.77. The van der Waals surface area contributed by atoms with Crippen LogP contribution in [0.3, 0.4) is 0 Å². The van der Waals surface area contributed by atoms with Crippen LogP contribution in [0.25, 0.3) is 0 Å². The van der Waals surface area contributed by atoms with Crippen molar-refractivity contribution in [2.45, 2.75) is 0 Å². The molecular weight excluding hydrogens is 316 g/mol. The third-order valence-corrected chi connectivity index (χ3v) is 2.94. The molecule has 0 fully saturated rings. The van der Waals surface area contributed by atoms with Crippen molar-refractivity contribution in [1.29, 1.82) is 0 Å². The number of hydrogen-bond donors (Lipinski definition) is 0. The molecule has 0 aromatic heterocycles. The summed E-state index contributed by atoms with van der Waals surface area (Å²) in [6, 6.07) is 3.73. The fourth-order valence-electron chi connectivity index (χ4n) is 1.32. The van der Waals surface area contributed by atoms with Gasteiger partial charge in [0.1, 0.15) is 11.6 Å². The summed E-state index contributed by atoms with van der Waals surface area (Å²) >= 11 is 0. The quantitative estimate of drug-likeness (QED) is 0.812.